The number of halogens is 2. The lowest BCUT2D eigenvalue weighted by molar-refractivity contribution is 0.0818. The number of imidazole rings is 1. The second-order valence-corrected chi connectivity index (χ2v) is 7.04. The van der Waals surface area contributed by atoms with Crippen molar-refractivity contribution >= 4 is 5.96 Å². The number of likely N-dealkylation sites (tertiary alicyclic amines) is 1. The standard InChI is InChI=1S/C20H27F2N5O/c1-15-6-8-26(12-18(15)27-9-7-24-14-27)20(23-2)25-11-16-4-3-5-17(10-16)28-13-19(21)22/h3-5,7,9-10,14-15,18-19H,6,8,11-13H2,1-2H3,(H,23,25). The van der Waals surface area contributed by atoms with E-state index in [9.17, 15) is 8.78 Å². The topological polar surface area (TPSA) is 54.7 Å². The van der Waals surface area contributed by atoms with Gasteiger partial charge in [0.1, 0.15) is 12.4 Å². The number of hydrogen-bond acceptors (Lipinski definition) is 3. The summed E-state index contributed by atoms with van der Waals surface area (Å²) in [5.74, 6) is 1.84. The summed E-state index contributed by atoms with van der Waals surface area (Å²) in [6.45, 7) is 4.00. The number of aliphatic imine (C=N–C) groups is 1. The first kappa shape index (κ1) is 20.1. The fraction of sp³-hybridized carbons (Fsp3) is 0.500. The number of nitrogens with one attached hydrogen (secondary N) is 1. The van der Waals surface area contributed by atoms with Gasteiger partial charge in [-0.3, -0.25) is 4.99 Å². The van der Waals surface area contributed by atoms with Crippen molar-refractivity contribution in [2.24, 2.45) is 10.9 Å². The number of piperidine rings is 1. The highest BCUT2D eigenvalue weighted by Crippen LogP contribution is 2.27. The van der Waals surface area contributed by atoms with Crippen LogP contribution < -0.4 is 10.1 Å². The summed E-state index contributed by atoms with van der Waals surface area (Å²) in [5, 5.41) is 3.38. The van der Waals surface area contributed by atoms with Crippen LogP contribution in [0.3, 0.4) is 0 Å². The minimum absolute atomic E-state index is 0.348. The Bertz CT molecular complexity index is 766. The number of alkyl halides is 2. The maximum Gasteiger partial charge on any atom is 0.272 e. The van der Waals surface area contributed by atoms with Crippen LogP contribution in [0.1, 0.15) is 24.9 Å². The van der Waals surface area contributed by atoms with Gasteiger partial charge in [0.2, 0.25) is 0 Å². The van der Waals surface area contributed by atoms with Crippen molar-refractivity contribution in [3.05, 3.63) is 48.5 Å². The maximum atomic E-state index is 12.3. The third-order valence-corrected chi connectivity index (χ3v) is 5.06. The average Bonchev–Trinajstić information content (AvgIpc) is 3.23. The molecule has 0 saturated carbocycles. The number of benzene rings is 1. The summed E-state index contributed by atoms with van der Waals surface area (Å²) in [4.78, 5) is 10.8. The summed E-state index contributed by atoms with van der Waals surface area (Å²) in [6, 6.07) is 7.54. The molecule has 1 aromatic carbocycles. The zero-order valence-electron chi connectivity index (χ0n) is 16.3. The Hall–Kier alpha value is -2.64. The number of ether oxygens (including phenoxy) is 1. The van der Waals surface area contributed by atoms with Crippen LogP contribution >= 0.6 is 0 Å². The van der Waals surface area contributed by atoms with E-state index in [4.69, 9.17) is 4.74 Å². The van der Waals surface area contributed by atoms with E-state index in [0.29, 0.717) is 24.3 Å². The van der Waals surface area contributed by atoms with Gasteiger partial charge in [-0.1, -0.05) is 19.1 Å². The highest BCUT2D eigenvalue weighted by atomic mass is 19.3. The van der Waals surface area contributed by atoms with E-state index in [0.717, 1.165) is 31.0 Å². The van der Waals surface area contributed by atoms with E-state index in [1.54, 1.807) is 25.2 Å². The molecule has 2 heterocycles. The van der Waals surface area contributed by atoms with Crippen LogP contribution in [0.4, 0.5) is 8.78 Å². The number of guanidine groups is 1. The number of nitrogens with zero attached hydrogens (tertiary/aromatic N) is 4. The highest BCUT2D eigenvalue weighted by Gasteiger charge is 2.28. The van der Waals surface area contributed by atoms with Gasteiger partial charge >= 0.3 is 0 Å². The normalized spacial score (nSPS) is 20.5. The molecule has 28 heavy (non-hydrogen) atoms. The van der Waals surface area contributed by atoms with Crippen LogP contribution in [-0.2, 0) is 6.54 Å². The Morgan fingerprint density at radius 2 is 2.29 bits per heavy atom. The van der Waals surface area contributed by atoms with Crippen molar-refractivity contribution in [3.8, 4) is 5.75 Å². The predicted molar refractivity (Wildman–Crippen MR) is 105 cm³/mol. The van der Waals surface area contributed by atoms with E-state index in [-0.39, 0.29) is 0 Å². The van der Waals surface area contributed by atoms with Gasteiger partial charge in [0.25, 0.3) is 6.43 Å². The molecule has 3 rings (SSSR count). The smallest absolute Gasteiger partial charge is 0.272 e. The Morgan fingerprint density at radius 3 is 3.00 bits per heavy atom. The van der Waals surface area contributed by atoms with Crippen molar-refractivity contribution in [2.75, 3.05) is 26.7 Å². The lowest BCUT2D eigenvalue weighted by atomic mass is 9.93. The molecule has 2 atom stereocenters. The monoisotopic (exact) mass is 391 g/mol. The summed E-state index contributed by atoms with van der Waals surface area (Å²) < 4.78 is 31.9. The Morgan fingerprint density at radius 1 is 1.43 bits per heavy atom. The molecule has 6 nitrogen and oxygen atoms in total. The van der Waals surface area contributed by atoms with Crippen LogP contribution in [0.15, 0.2) is 48.0 Å². The summed E-state index contributed by atoms with van der Waals surface area (Å²) in [5.41, 5.74) is 0.949. The fourth-order valence-electron chi connectivity index (χ4n) is 3.51. The van der Waals surface area contributed by atoms with Crippen molar-refractivity contribution in [1.29, 1.82) is 0 Å². The SMILES string of the molecule is CN=C(NCc1cccc(OCC(F)F)c1)N1CCC(C)C(n2ccnc2)C1. The molecule has 1 saturated heterocycles. The van der Waals surface area contributed by atoms with E-state index in [1.807, 2.05) is 24.8 Å². The largest absolute Gasteiger partial charge is 0.488 e. The highest BCUT2D eigenvalue weighted by molar-refractivity contribution is 5.80. The summed E-state index contributed by atoms with van der Waals surface area (Å²) >= 11 is 0. The van der Waals surface area contributed by atoms with Crippen LogP contribution in [0, 0.1) is 5.92 Å². The Labute approximate surface area is 164 Å². The van der Waals surface area contributed by atoms with Gasteiger partial charge in [-0.15, -0.1) is 0 Å². The maximum absolute atomic E-state index is 12.3. The first-order valence-electron chi connectivity index (χ1n) is 9.49. The minimum Gasteiger partial charge on any atom is -0.488 e. The molecule has 1 aromatic heterocycles. The van der Waals surface area contributed by atoms with Crippen molar-refractivity contribution < 1.29 is 13.5 Å². The third-order valence-electron chi connectivity index (χ3n) is 5.06. The molecular formula is C20H27F2N5O. The van der Waals surface area contributed by atoms with Crippen LogP contribution in [-0.4, -0.2) is 53.6 Å². The molecule has 2 unspecified atom stereocenters. The molecule has 1 aliphatic heterocycles. The molecule has 0 amide bonds. The lowest BCUT2D eigenvalue weighted by Crippen LogP contribution is -2.48. The minimum atomic E-state index is -2.48. The van der Waals surface area contributed by atoms with E-state index >= 15 is 0 Å². The number of aromatic nitrogens is 2. The quantitative estimate of drug-likeness (QED) is 0.607. The molecule has 1 aliphatic rings. The van der Waals surface area contributed by atoms with Gasteiger partial charge in [-0.05, 0) is 30.0 Å². The number of rotatable bonds is 6. The third kappa shape index (κ3) is 5.21. The van der Waals surface area contributed by atoms with Gasteiger partial charge in [-0.2, -0.15) is 0 Å². The number of hydrogen-bond donors (Lipinski definition) is 1. The predicted octanol–water partition coefficient (Wildman–Crippen LogP) is 3.19. The fourth-order valence-corrected chi connectivity index (χ4v) is 3.51. The summed E-state index contributed by atoms with van der Waals surface area (Å²) in [7, 11) is 1.77. The molecule has 152 valence electrons. The Balaban J connectivity index is 1.59. The van der Waals surface area contributed by atoms with Gasteiger partial charge < -0.3 is 19.5 Å². The van der Waals surface area contributed by atoms with Crippen molar-refractivity contribution in [3.63, 3.8) is 0 Å². The van der Waals surface area contributed by atoms with Crippen LogP contribution in [0.25, 0.3) is 0 Å². The Kier molecular flexibility index (Phi) is 6.84. The van der Waals surface area contributed by atoms with Crippen molar-refractivity contribution in [1.82, 2.24) is 19.8 Å². The molecule has 8 heteroatoms. The summed E-state index contributed by atoms with van der Waals surface area (Å²) in [6.07, 6.45) is 4.27. The van der Waals surface area contributed by atoms with Gasteiger partial charge in [0.05, 0.1) is 12.4 Å². The molecule has 0 spiro atoms. The first-order valence-corrected chi connectivity index (χ1v) is 9.49. The van der Waals surface area contributed by atoms with Crippen LogP contribution in [0.5, 0.6) is 5.75 Å². The van der Waals surface area contributed by atoms with Gasteiger partial charge in [-0.25, -0.2) is 13.8 Å². The molecule has 2 aromatic rings. The van der Waals surface area contributed by atoms with Crippen LogP contribution in [0.2, 0.25) is 0 Å². The molecule has 0 aliphatic carbocycles. The molecule has 1 N–H and O–H groups in total. The van der Waals surface area contributed by atoms with Crippen molar-refractivity contribution in [2.45, 2.75) is 32.4 Å². The zero-order chi connectivity index (χ0) is 19.9. The molecule has 1 fully saturated rings. The average molecular weight is 391 g/mol. The van der Waals surface area contributed by atoms with Gasteiger partial charge in [0, 0.05) is 39.1 Å². The second kappa shape index (κ2) is 9.52. The zero-order valence-corrected chi connectivity index (χ0v) is 16.3. The van der Waals surface area contributed by atoms with Gasteiger partial charge in [0.15, 0.2) is 5.96 Å². The molecule has 0 radical (unpaired) electrons. The lowest BCUT2D eigenvalue weighted by Gasteiger charge is -2.39. The first-order chi connectivity index (χ1) is 13.6. The van der Waals surface area contributed by atoms with E-state index < -0.39 is 13.0 Å². The van der Waals surface area contributed by atoms with E-state index in [1.165, 1.54) is 0 Å². The van der Waals surface area contributed by atoms with E-state index in [2.05, 4.69) is 31.7 Å². The molecule has 0 bridgehead atoms. The second-order valence-electron chi connectivity index (χ2n) is 7.04. The molecular weight excluding hydrogens is 364 g/mol.